The van der Waals surface area contributed by atoms with Crippen LogP contribution < -0.4 is 0 Å². The van der Waals surface area contributed by atoms with E-state index in [9.17, 15) is 0 Å². The summed E-state index contributed by atoms with van der Waals surface area (Å²) in [6.45, 7) is 2.10. The van der Waals surface area contributed by atoms with Crippen molar-refractivity contribution in [1.82, 2.24) is 9.55 Å². The largest absolute Gasteiger partial charge is 0.304 e. The Labute approximate surface area is 94.5 Å². The summed E-state index contributed by atoms with van der Waals surface area (Å²) in [5.74, 6) is 1.64. The van der Waals surface area contributed by atoms with E-state index in [4.69, 9.17) is 11.6 Å². The van der Waals surface area contributed by atoms with E-state index in [0.29, 0.717) is 5.88 Å². The minimum atomic E-state index is 0.560. The van der Waals surface area contributed by atoms with Crippen molar-refractivity contribution in [3.05, 3.63) is 48.0 Å². The highest BCUT2D eigenvalue weighted by Crippen LogP contribution is 2.13. The summed E-state index contributed by atoms with van der Waals surface area (Å²) in [5, 5.41) is 0. The Bertz CT molecular complexity index is 431. The number of aryl methyl sites for hydroxylation is 1. The second kappa shape index (κ2) is 4.49. The Kier molecular flexibility index (Phi) is 3.07. The molecule has 2 rings (SSSR count). The van der Waals surface area contributed by atoms with E-state index in [1.165, 1.54) is 0 Å². The van der Waals surface area contributed by atoms with E-state index in [0.717, 1.165) is 23.5 Å². The van der Waals surface area contributed by atoms with Gasteiger partial charge in [0, 0.05) is 30.4 Å². The van der Waals surface area contributed by atoms with Crippen molar-refractivity contribution in [1.29, 1.82) is 0 Å². The summed E-state index contributed by atoms with van der Waals surface area (Å²) in [6, 6.07) is 8.22. The molecule has 0 aliphatic rings. The average molecular weight is 221 g/mol. The van der Waals surface area contributed by atoms with Crippen LogP contribution in [0.25, 0.3) is 5.69 Å². The van der Waals surface area contributed by atoms with Gasteiger partial charge in [-0.05, 0) is 17.7 Å². The second-order valence-corrected chi connectivity index (χ2v) is 3.63. The van der Waals surface area contributed by atoms with Gasteiger partial charge >= 0.3 is 0 Å². The molecule has 0 spiro atoms. The van der Waals surface area contributed by atoms with Crippen molar-refractivity contribution in [3.63, 3.8) is 0 Å². The van der Waals surface area contributed by atoms with Gasteiger partial charge in [0.1, 0.15) is 5.82 Å². The van der Waals surface area contributed by atoms with Crippen LogP contribution in [-0.4, -0.2) is 9.55 Å². The summed E-state index contributed by atoms with van der Waals surface area (Å²) < 4.78 is 2.10. The fourth-order valence-electron chi connectivity index (χ4n) is 1.58. The number of imidazole rings is 1. The van der Waals surface area contributed by atoms with E-state index in [1.54, 1.807) is 0 Å². The van der Waals surface area contributed by atoms with Gasteiger partial charge in [-0.25, -0.2) is 4.98 Å². The summed E-state index contributed by atoms with van der Waals surface area (Å²) in [7, 11) is 0. The van der Waals surface area contributed by atoms with Gasteiger partial charge in [-0.1, -0.05) is 19.1 Å². The molecule has 0 aliphatic carbocycles. The van der Waals surface area contributed by atoms with Gasteiger partial charge in [-0.15, -0.1) is 11.6 Å². The van der Waals surface area contributed by atoms with Gasteiger partial charge in [0.2, 0.25) is 0 Å². The Morgan fingerprint density at radius 1 is 1.27 bits per heavy atom. The molecule has 3 heteroatoms. The molecule has 1 aromatic heterocycles. The molecule has 0 amide bonds. The van der Waals surface area contributed by atoms with Crippen molar-refractivity contribution < 1.29 is 0 Å². The molecule has 0 bridgehead atoms. The van der Waals surface area contributed by atoms with Crippen LogP contribution in [0.2, 0.25) is 0 Å². The molecule has 0 radical (unpaired) electrons. The van der Waals surface area contributed by atoms with Gasteiger partial charge < -0.3 is 4.57 Å². The van der Waals surface area contributed by atoms with Crippen LogP contribution in [0.5, 0.6) is 0 Å². The number of hydrogen-bond acceptors (Lipinski definition) is 1. The highest BCUT2D eigenvalue weighted by molar-refractivity contribution is 6.17. The third-order valence-electron chi connectivity index (χ3n) is 2.40. The highest BCUT2D eigenvalue weighted by Gasteiger charge is 2.02. The van der Waals surface area contributed by atoms with Crippen LogP contribution in [0.1, 0.15) is 18.3 Å². The lowest BCUT2D eigenvalue weighted by molar-refractivity contribution is 0.891. The second-order valence-electron chi connectivity index (χ2n) is 3.37. The van der Waals surface area contributed by atoms with Crippen molar-refractivity contribution >= 4 is 11.6 Å². The summed E-state index contributed by atoms with van der Waals surface area (Å²) in [4.78, 5) is 4.29. The average Bonchev–Trinajstić information content (AvgIpc) is 2.77. The molecule has 0 saturated heterocycles. The van der Waals surface area contributed by atoms with E-state index >= 15 is 0 Å². The van der Waals surface area contributed by atoms with Gasteiger partial charge in [0.05, 0.1) is 0 Å². The van der Waals surface area contributed by atoms with E-state index in [2.05, 4.69) is 28.6 Å². The van der Waals surface area contributed by atoms with E-state index in [1.807, 2.05) is 24.5 Å². The molecule has 2 aromatic rings. The predicted molar refractivity (Wildman–Crippen MR) is 62.5 cm³/mol. The Morgan fingerprint density at radius 2 is 2.00 bits per heavy atom. The minimum Gasteiger partial charge on any atom is -0.304 e. The molecule has 0 N–H and O–H groups in total. The number of aromatic nitrogens is 2. The fraction of sp³-hybridized carbons (Fsp3) is 0.250. The lowest BCUT2D eigenvalue weighted by atomic mass is 10.2. The van der Waals surface area contributed by atoms with Gasteiger partial charge in [0.15, 0.2) is 0 Å². The van der Waals surface area contributed by atoms with Crippen molar-refractivity contribution in [2.45, 2.75) is 19.2 Å². The smallest absolute Gasteiger partial charge is 0.112 e. The lowest BCUT2D eigenvalue weighted by Gasteiger charge is -2.06. The molecule has 78 valence electrons. The van der Waals surface area contributed by atoms with Crippen LogP contribution in [0.4, 0.5) is 0 Å². The molecule has 0 saturated carbocycles. The summed E-state index contributed by atoms with van der Waals surface area (Å²) in [6.07, 6.45) is 4.74. The summed E-state index contributed by atoms with van der Waals surface area (Å²) >= 11 is 5.74. The maximum Gasteiger partial charge on any atom is 0.112 e. The minimum absolute atomic E-state index is 0.560. The zero-order valence-corrected chi connectivity index (χ0v) is 9.41. The predicted octanol–water partition coefficient (Wildman–Crippen LogP) is 3.17. The standard InChI is InChI=1S/C12H13ClN2/c1-2-12-14-7-8-15(12)11-5-3-10(9-13)4-6-11/h3-8H,2,9H2,1H3. The number of alkyl halides is 1. The maximum atomic E-state index is 5.74. The van der Waals surface area contributed by atoms with Crippen molar-refractivity contribution in [2.24, 2.45) is 0 Å². The summed E-state index contributed by atoms with van der Waals surface area (Å²) in [5.41, 5.74) is 2.27. The molecule has 1 heterocycles. The fourth-order valence-corrected chi connectivity index (χ4v) is 1.75. The molecule has 0 unspecified atom stereocenters. The number of halogens is 1. The van der Waals surface area contributed by atoms with Crippen LogP contribution >= 0.6 is 11.6 Å². The first-order valence-electron chi connectivity index (χ1n) is 5.02. The lowest BCUT2D eigenvalue weighted by Crippen LogP contribution is -1.98. The Balaban J connectivity index is 2.37. The Hall–Kier alpha value is -1.28. The van der Waals surface area contributed by atoms with Gasteiger partial charge in [0.25, 0.3) is 0 Å². The first-order valence-corrected chi connectivity index (χ1v) is 5.56. The first-order chi connectivity index (χ1) is 7.35. The normalized spacial score (nSPS) is 10.5. The third kappa shape index (κ3) is 2.05. The molecular formula is C12H13ClN2. The molecular weight excluding hydrogens is 208 g/mol. The van der Waals surface area contributed by atoms with Crippen LogP contribution in [0, 0.1) is 0 Å². The monoisotopic (exact) mass is 220 g/mol. The number of rotatable bonds is 3. The van der Waals surface area contributed by atoms with Gasteiger partial charge in [-0.2, -0.15) is 0 Å². The number of benzene rings is 1. The van der Waals surface area contributed by atoms with Crippen LogP contribution in [-0.2, 0) is 12.3 Å². The third-order valence-corrected chi connectivity index (χ3v) is 2.71. The molecule has 1 aromatic carbocycles. The Morgan fingerprint density at radius 3 is 2.60 bits per heavy atom. The zero-order valence-electron chi connectivity index (χ0n) is 8.65. The zero-order chi connectivity index (χ0) is 10.7. The number of hydrogen-bond donors (Lipinski definition) is 0. The van der Waals surface area contributed by atoms with Crippen LogP contribution in [0.3, 0.4) is 0 Å². The first kappa shape index (κ1) is 10.2. The van der Waals surface area contributed by atoms with Crippen molar-refractivity contribution in [3.8, 4) is 5.69 Å². The molecule has 0 atom stereocenters. The SMILES string of the molecule is CCc1nccn1-c1ccc(CCl)cc1. The number of nitrogens with zero attached hydrogens (tertiary/aromatic N) is 2. The highest BCUT2D eigenvalue weighted by atomic mass is 35.5. The van der Waals surface area contributed by atoms with Crippen LogP contribution in [0.15, 0.2) is 36.7 Å². The van der Waals surface area contributed by atoms with Gasteiger partial charge in [-0.3, -0.25) is 0 Å². The molecule has 15 heavy (non-hydrogen) atoms. The van der Waals surface area contributed by atoms with Crippen molar-refractivity contribution in [2.75, 3.05) is 0 Å². The molecule has 0 aliphatic heterocycles. The molecule has 0 fully saturated rings. The topological polar surface area (TPSA) is 17.8 Å². The van der Waals surface area contributed by atoms with E-state index in [-0.39, 0.29) is 0 Å². The van der Waals surface area contributed by atoms with E-state index < -0.39 is 0 Å². The quantitative estimate of drug-likeness (QED) is 0.727. The maximum absolute atomic E-state index is 5.74. The molecule has 2 nitrogen and oxygen atoms in total.